The molecule has 76 valence electrons. The summed E-state index contributed by atoms with van der Waals surface area (Å²) in [6.07, 6.45) is 7.38. The fourth-order valence-electron chi connectivity index (χ4n) is 3.09. The van der Waals surface area contributed by atoms with Crippen LogP contribution in [0.4, 0.5) is 0 Å². The number of hydrogen-bond donors (Lipinski definition) is 1. The van der Waals surface area contributed by atoms with Crippen molar-refractivity contribution in [3.8, 4) is 0 Å². The van der Waals surface area contributed by atoms with Crippen molar-refractivity contribution in [1.82, 2.24) is 4.98 Å². The smallest absolute Gasteiger partial charge is 0.0794 e. The number of nitrogens with zero attached hydrogens (tertiary/aromatic N) is 1. The molecule has 2 fully saturated rings. The molecular formula is C11H16N2S. The fraction of sp³-hybridized carbons (Fsp3) is 0.727. The lowest BCUT2D eigenvalue weighted by molar-refractivity contribution is 0.275. The van der Waals surface area contributed by atoms with E-state index in [1.54, 1.807) is 11.3 Å². The minimum atomic E-state index is 0.431. The van der Waals surface area contributed by atoms with Gasteiger partial charge in [-0.2, -0.15) is 0 Å². The molecule has 0 aliphatic heterocycles. The third kappa shape index (κ3) is 1.39. The van der Waals surface area contributed by atoms with Crippen LogP contribution in [0.2, 0.25) is 0 Å². The molecule has 0 radical (unpaired) electrons. The summed E-state index contributed by atoms with van der Waals surface area (Å²) in [4.78, 5) is 5.55. The summed E-state index contributed by atoms with van der Waals surface area (Å²) >= 11 is 1.77. The molecular weight excluding hydrogens is 192 g/mol. The van der Waals surface area contributed by atoms with Gasteiger partial charge >= 0.3 is 0 Å². The van der Waals surface area contributed by atoms with Crippen molar-refractivity contribution in [3.05, 3.63) is 16.6 Å². The molecule has 1 aromatic heterocycles. The maximum absolute atomic E-state index is 5.95. The molecule has 0 aromatic carbocycles. The molecule has 0 bridgehead atoms. The minimum Gasteiger partial charge on any atom is -0.330 e. The Hall–Kier alpha value is -0.410. The molecule has 0 saturated heterocycles. The molecule has 2 saturated carbocycles. The van der Waals surface area contributed by atoms with Crippen molar-refractivity contribution >= 4 is 11.3 Å². The summed E-state index contributed by atoms with van der Waals surface area (Å²) < 4.78 is 0. The Bertz CT molecular complexity index is 310. The van der Waals surface area contributed by atoms with Gasteiger partial charge < -0.3 is 5.73 Å². The van der Waals surface area contributed by atoms with Gasteiger partial charge in [-0.05, 0) is 49.5 Å². The SMILES string of the molecule is NCC1(Cc2cncs2)CC2CC2C1. The van der Waals surface area contributed by atoms with Crippen molar-refractivity contribution in [3.63, 3.8) is 0 Å². The van der Waals surface area contributed by atoms with Crippen LogP contribution >= 0.6 is 11.3 Å². The van der Waals surface area contributed by atoms with Gasteiger partial charge in [0.1, 0.15) is 0 Å². The summed E-state index contributed by atoms with van der Waals surface area (Å²) in [7, 11) is 0. The summed E-state index contributed by atoms with van der Waals surface area (Å²) in [5.41, 5.74) is 8.31. The Balaban J connectivity index is 1.75. The van der Waals surface area contributed by atoms with Crippen LogP contribution in [0, 0.1) is 17.3 Å². The van der Waals surface area contributed by atoms with Gasteiger partial charge in [-0.25, -0.2) is 0 Å². The molecule has 1 heterocycles. The Kier molecular flexibility index (Phi) is 1.92. The van der Waals surface area contributed by atoms with Gasteiger partial charge in [0, 0.05) is 11.1 Å². The zero-order chi connectivity index (χ0) is 9.60. The topological polar surface area (TPSA) is 38.9 Å². The molecule has 0 amide bonds. The highest BCUT2D eigenvalue weighted by Gasteiger charge is 2.52. The zero-order valence-electron chi connectivity index (χ0n) is 8.28. The molecule has 2 nitrogen and oxygen atoms in total. The first-order valence-electron chi connectivity index (χ1n) is 5.39. The number of fused-ring (bicyclic) bond motifs is 1. The van der Waals surface area contributed by atoms with Gasteiger partial charge in [-0.3, -0.25) is 4.98 Å². The van der Waals surface area contributed by atoms with E-state index in [1.807, 2.05) is 11.7 Å². The van der Waals surface area contributed by atoms with E-state index < -0.39 is 0 Å². The quantitative estimate of drug-likeness (QED) is 0.825. The third-order valence-corrected chi connectivity index (χ3v) is 4.70. The maximum Gasteiger partial charge on any atom is 0.0794 e. The number of nitrogens with two attached hydrogens (primary N) is 1. The van der Waals surface area contributed by atoms with E-state index >= 15 is 0 Å². The van der Waals surface area contributed by atoms with Crippen LogP contribution in [-0.4, -0.2) is 11.5 Å². The van der Waals surface area contributed by atoms with Gasteiger partial charge in [-0.15, -0.1) is 11.3 Å². The molecule has 2 unspecified atom stereocenters. The highest BCUT2D eigenvalue weighted by molar-refractivity contribution is 7.09. The highest BCUT2D eigenvalue weighted by atomic mass is 32.1. The van der Waals surface area contributed by atoms with Gasteiger partial charge in [0.15, 0.2) is 0 Å². The van der Waals surface area contributed by atoms with E-state index in [0.29, 0.717) is 5.41 Å². The fourth-order valence-corrected chi connectivity index (χ4v) is 3.86. The molecule has 2 atom stereocenters. The first-order valence-corrected chi connectivity index (χ1v) is 6.27. The lowest BCUT2D eigenvalue weighted by Crippen LogP contribution is -2.31. The van der Waals surface area contributed by atoms with Gasteiger partial charge in [0.05, 0.1) is 5.51 Å². The van der Waals surface area contributed by atoms with Crippen LogP contribution in [0.3, 0.4) is 0 Å². The van der Waals surface area contributed by atoms with Crippen LogP contribution in [0.1, 0.15) is 24.1 Å². The van der Waals surface area contributed by atoms with E-state index in [0.717, 1.165) is 18.4 Å². The molecule has 0 spiro atoms. The van der Waals surface area contributed by atoms with Crippen LogP contribution in [0.5, 0.6) is 0 Å². The highest BCUT2D eigenvalue weighted by Crippen LogP contribution is 2.60. The standard InChI is InChI=1S/C11H16N2S/c12-6-11(2-8-1-9(8)3-11)4-10-5-13-7-14-10/h5,7-9H,1-4,6,12H2. The van der Waals surface area contributed by atoms with Crippen LogP contribution < -0.4 is 5.73 Å². The summed E-state index contributed by atoms with van der Waals surface area (Å²) in [6, 6.07) is 0. The predicted octanol–water partition coefficient (Wildman–Crippen LogP) is 2.06. The molecule has 2 aliphatic carbocycles. The largest absolute Gasteiger partial charge is 0.330 e. The Labute approximate surface area is 88.5 Å². The Morgan fingerprint density at radius 3 is 2.86 bits per heavy atom. The van der Waals surface area contributed by atoms with E-state index in [9.17, 15) is 0 Å². The van der Waals surface area contributed by atoms with Gasteiger partial charge in [0.25, 0.3) is 0 Å². The Morgan fingerprint density at radius 2 is 2.29 bits per heavy atom. The molecule has 3 rings (SSSR count). The van der Waals surface area contributed by atoms with Crippen molar-refractivity contribution in [2.45, 2.75) is 25.7 Å². The lowest BCUT2D eigenvalue weighted by Gasteiger charge is -2.28. The van der Waals surface area contributed by atoms with Gasteiger partial charge in [-0.1, -0.05) is 0 Å². The van der Waals surface area contributed by atoms with E-state index in [1.165, 1.54) is 30.6 Å². The number of thiazole rings is 1. The molecule has 2 aliphatic rings. The number of aromatic nitrogens is 1. The van der Waals surface area contributed by atoms with Crippen molar-refractivity contribution in [2.24, 2.45) is 23.0 Å². The number of hydrogen-bond acceptors (Lipinski definition) is 3. The van der Waals surface area contributed by atoms with Crippen LogP contribution in [0.25, 0.3) is 0 Å². The summed E-state index contributed by atoms with van der Waals surface area (Å²) in [6.45, 7) is 0.859. The second-order valence-corrected chi connectivity index (χ2v) is 5.98. The first kappa shape index (κ1) is 8.86. The lowest BCUT2D eigenvalue weighted by atomic mass is 9.79. The van der Waals surface area contributed by atoms with Crippen LogP contribution in [-0.2, 0) is 6.42 Å². The average molecular weight is 208 g/mol. The Morgan fingerprint density at radius 1 is 1.50 bits per heavy atom. The second-order valence-electron chi connectivity index (χ2n) is 5.01. The molecule has 14 heavy (non-hydrogen) atoms. The summed E-state index contributed by atoms with van der Waals surface area (Å²) in [5.74, 6) is 2.04. The number of rotatable bonds is 3. The molecule has 3 heteroatoms. The maximum atomic E-state index is 5.95. The second kappa shape index (κ2) is 3.04. The van der Waals surface area contributed by atoms with E-state index in [2.05, 4.69) is 4.98 Å². The molecule has 1 aromatic rings. The minimum absolute atomic E-state index is 0.431. The van der Waals surface area contributed by atoms with Crippen molar-refractivity contribution in [2.75, 3.05) is 6.54 Å². The normalized spacial score (nSPS) is 39.8. The first-order chi connectivity index (χ1) is 6.81. The van der Waals surface area contributed by atoms with Crippen LogP contribution in [0.15, 0.2) is 11.7 Å². The van der Waals surface area contributed by atoms with E-state index in [-0.39, 0.29) is 0 Å². The van der Waals surface area contributed by atoms with Gasteiger partial charge in [0.2, 0.25) is 0 Å². The third-order valence-electron chi connectivity index (χ3n) is 3.93. The molecule has 2 N–H and O–H groups in total. The monoisotopic (exact) mass is 208 g/mol. The predicted molar refractivity (Wildman–Crippen MR) is 58.1 cm³/mol. The van der Waals surface area contributed by atoms with Crippen molar-refractivity contribution in [1.29, 1.82) is 0 Å². The van der Waals surface area contributed by atoms with Crippen molar-refractivity contribution < 1.29 is 0 Å². The van der Waals surface area contributed by atoms with E-state index in [4.69, 9.17) is 5.73 Å². The summed E-state index contributed by atoms with van der Waals surface area (Å²) in [5, 5.41) is 0. The average Bonchev–Trinajstić information content (AvgIpc) is 2.68. The zero-order valence-corrected chi connectivity index (χ0v) is 9.09.